The zero-order chi connectivity index (χ0) is 15.9. The average Bonchev–Trinajstić information content (AvgIpc) is 2.50. The number of carbonyl (C=O) groups is 1. The van der Waals surface area contributed by atoms with Crippen LogP contribution in [0.4, 0.5) is 0 Å². The molecular formula is C16H12Br2N2O2. The van der Waals surface area contributed by atoms with Gasteiger partial charge in [-0.25, -0.2) is 5.43 Å². The van der Waals surface area contributed by atoms with Crippen molar-refractivity contribution in [3.8, 4) is 5.75 Å². The number of halogens is 2. The Kier molecular flexibility index (Phi) is 5.91. The highest BCUT2D eigenvalue weighted by atomic mass is 79.9. The van der Waals surface area contributed by atoms with E-state index in [-0.39, 0.29) is 11.3 Å². The van der Waals surface area contributed by atoms with Gasteiger partial charge in [-0.1, -0.05) is 46.3 Å². The monoisotopic (exact) mass is 422 g/mol. The molecule has 2 N–H and O–H groups in total. The molecule has 0 aromatic heterocycles. The highest BCUT2D eigenvalue weighted by Gasteiger charge is 2.10. The van der Waals surface area contributed by atoms with E-state index in [1.807, 2.05) is 36.4 Å². The lowest BCUT2D eigenvalue weighted by Gasteiger charge is -2.03. The van der Waals surface area contributed by atoms with E-state index < -0.39 is 5.91 Å². The maximum absolute atomic E-state index is 11.9. The van der Waals surface area contributed by atoms with E-state index in [9.17, 15) is 9.90 Å². The highest BCUT2D eigenvalue weighted by molar-refractivity contribution is 9.12. The topological polar surface area (TPSA) is 61.7 Å². The van der Waals surface area contributed by atoms with Crippen molar-refractivity contribution in [1.29, 1.82) is 0 Å². The van der Waals surface area contributed by atoms with Crippen LogP contribution in [0.3, 0.4) is 0 Å². The molecule has 0 heterocycles. The molecule has 112 valence electrons. The normalized spacial score (nSPS) is 11.6. The summed E-state index contributed by atoms with van der Waals surface area (Å²) in [5.74, 6) is -0.593. The van der Waals surface area contributed by atoms with Gasteiger partial charge in [0, 0.05) is 8.96 Å². The standard InChI is InChI=1S/C16H12Br2N2O2/c17-12-6-7-15(21)14(9-12)16(22)20-19-10-13(18)8-11-4-2-1-3-5-11/h1-10,21H,(H,20,22). The molecule has 0 bridgehead atoms. The van der Waals surface area contributed by atoms with Crippen molar-refractivity contribution in [1.82, 2.24) is 5.43 Å². The van der Waals surface area contributed by atoms with Crippen LogP contribution in [0.15, 0.2) is 62.6 Å². The summed E-state index contributed by atoms with van der Waals surface area (Å²) in [6.45, 7) is 0. The van der Waals surface area contributed by atoms with Crippen LogP contribution in [-0.2, 0) is 0 Å². The first kappa shape index (κ1) is 16.5. The average molecular weight is 424 g/mol. The van der Waals surface area contributed by atoms with Crippen molar-refractivity contribution in [2.45, 2.75) is 0 Å². The molecule has 0 aliphatic carbocycles. The zero-order valence-corrected chi connectivity index (χ0v) is 14.5. The number of nitrogens with one attached hydrogen (secondary N) is 1. The van der Waals surface area contributed by atoms with Crippen molar-refractivity contribution in [2.24, 2.45) is 5.10 Å². The second-order valence-electron chi connectivity index (χ2n) is 4.30. The van der Waals surface area contributed by atoms with Gasteiger partial charge in [-0.3, -0.25) is 4.79 Å². The van der Waals surface area contributed by atoms with Crippen LogP contribution in [0.1, 0.15) is 15.9 Å². The third kappa shape index (κ3) is 4.82. The van der Waals surface area contributed by atoms with Crippen molar-refractivity contribution in [3.05, 3.63) is 68.6 Å². The minimum Gasteiger partial charge on any atom is -0.507 e. The molecule has 0 atom stereocenters. The number of rotatable bonds is 4. The van der Waals surface area contributed by atoms with Gasteiger partial charge in [0.2, 0.25) is 0 Å². The number of phenolic OH excluding ortho intramolecular Hbond substituents is 1. The molecule has 2 aromatic rings. The molecular weight excluding hydrogens is 412 g/mol. The van der Waals surface area contributed by atoms with E-state index in [0.29, 0.717) is 8.96 Å². The van der Waals surface area contributed by atoms with E-state index in [1.165, 1.54) is 18.3 Å². The van der Waals surface area contributed by atoms with E-state index in [4.69, 9.17) is 0 Å². The minimum atomic E-state index is -0.491. The maximum atomic E-state index is 11.9. The van der Waals surface area contributed by atoms with Crippen LogP contribution in [0.5, 0.6) is 5.75 Å². The quantitative estimate of drug-likeness (QED) is 0.568. The molecule has 0 saturated carbocycles. The Bertz CT molecular complexity index is 728. The van der Waals surface area contributed by atoms with Crippen LogP contribution in [0, 0.1) is 0 Å². The molecule has 1 amide bonds. The third-order valence-electron chi connectivity index (χ3n) is 2.66. The summed E-state index contributed by atoms with van der Waals surface area (Å²) in [7, 11) is 0. The Morgan fingerprint density at radius 2 is 1.91 bits per heavy atom. The smallest absolute Gasteiger partial charge is 0.275 e. The fraction of sp³-hybridized carbons (Fsp3) is 0. The predicted molar refractivity (Wildman–Crippen MR) is 95.1 cm³/mol. The van der Waals surface area contributed by atoms with Crippen molar-refractivity contribution in [2.75, 3.05) is 0 Å². The van der Waals surface area contributed by atoms with Crippen LogP contribution in [-0.4, -0.2) is 17.2 Å². The van der Waals surface area contributed by atoms with E-state index in [1.54, 1.807) is 6.07 Å². The summed E-state index contributed by atoms with van der Waals surface area (Å²) in [6.07, 6.45) is 3.34. The molecule has 0 unspecified atom stereocenters. The summed E-state index contributed by atoms with van der Waals surface area (Å²) < 4.78 is 1.40. The first-order chi connectivity index (χ1) is 10.6. The molecule has 2 rings (SSSR count). The largest absolute Gasteiger partial charge is 0.507 e. The number of allylic oxidation sites excluding steroid dienone is 1. The van der Waals surface area contributed by atoms with Gasteiger partial charge in [-0.15, -0.1) is 0 Å². The molecule has 0 aliphatic heterocycles. The number of phenols is 1. The van der Waals surface area contributed by atoms with Crippen LogP contribution in [0.2, 0.25) is 0 Å². The van der Waals surface area contributed by atoms with Gasteiger partial charge < -0.3 is 5.11 Å². The number of aromatic hydroxyl groups is 1. The lowest BCUT2D eigenvalue weighted by molar-refractivity contribution is 0.0952. The predicted octanol–water partition coefficient (Wildman–Crippen LogP) is 4.31. The van der Waals surface area contributed by atoms with Crippen molar-refractivity contribution in [3.63, 3.8) is 0 Å². The molecule has 6 heteroatoms. The van der Waals surface area contributed by atoms with Gasteiger partial charge in [-0.2, -0.15) is 5.10 Å². The summed E-state index contributed by atoms with van der Waals surface area (Å²) >= 11 is 6.60. The first-order valence-corrected chi connectivity index (χ1v) is 7.89. The van der Waals surface area contributed by atoms with Gasteiger partial charge in [0.1, 0.15) is 5.75 Å². The number of hydrogen-bond donors (Lipinski definition) is 2. The molecule has 4 nitrogen and oxygen atoms in total. The number of nitrogens with zero attached hydrogens (tertiary/aromatic N) is 1. The maximum Gasteiger partial charge on any atom is 0.275 e. The Morgan fingerprint density at radius 1 is 1.18 bits per heavy atom. The van der Waals surface area contributed by atoms with Crippen LogP contribution >= 0.6 is 31.9 Å². The summed E-state index contributed by atoms with van der Waals surface area (Å²) in [4.78, 5) is 11.9. The molecule has 0 radical (unpaired) electrons. The number of hydrogen-bond acceptors (Lipinski definition) is 3. The Balaban J connectivity index is 2.01. The third-order valence-corrected chi connectivity index (χ3v) is 3.59. The minimum absolute atomic E-state index is 0.102. The molecule has 22 heavy (non-hydrogen) atoms. The first-order valence-electron chi connectivity index (χ1n) is 6.30. The van der Waals surface area contributed by atoms with Gasteiger partial charge in [-0.05, 0) is 45.8 Å². The fourth-order valence-corrected chi connectivity index (χ4v) is 2.38. The Hall–Kier alpha value is -1.92. The summed E-state index contributed by atoms with van der Waals surface area (Å²) in [6, 6.07) is 14.3. The lowest BCUT2D eigenvalue weighted by Crippen LogP contribution is -2.17. The number of amides is 1. The van der Waals surface area contributed by atoms with Gasteiger partial charge >= 0.3 is 0 Å². The summed E-state index contributed by atoms with van der Waals surface area (Å²) in [5.41, 5.74) is 3.52. The second-order valence-corrected chi connectivity index (χ2v) is 6.13. The molecule has 0 aliphatic rings. The van der Waals surface area contributed by atoms with Crippen LogP contribution in [0.25, 0.3) is 6.08 Å². The van der Waals surface area contributed by atoms with Gasteiger partial charge in [0.15, 0.2) is 0 Å². The van der Waals surface area contributed by atoms with Gasteiger partial charge in [0.05, 0.1) is 11.8 Å². The number of hydrazone groups is 1. The lowest BCUT2D eigenvalue weighted by atomic mass is 10.2. The highest BCUT2D eigenvalue weighted by Crippen LogP contribution is 2.21. The van der Waals surface area contributed by atoms with Crippen LogP contribution < -0.4 is 5.43 Å². The Labute approximate surface area is 144 Å². The molecule has 0 saturated heterocycles. The van der Waals surface area contributed by atoms with E-state index in [2.05, 4.69) is 42.4 Å². The SMILES string of the molecule is O=C(NN=CC(Br)=Cc1ccccc1)c1cc(Br)ccc1O. The second kappa shape index (κ2) is 7.91. The zero-order valence-electron chi connectivity index (χ0n) is 11.3. The summed E-state index contributed by atoms with van der Waals surface area (Å²) in [5, 5.41) is 13.5. The Morgan fingerprint density at radius 3 is 2.64 bits per heavy atom. The van der Waals surface area contributed by atoms with Gasteiger partial charge in [0.25, 0.3) is 5.91 Å². The van der Waals surface area contributed by atoms with E-state index in [0.717, 1.165) is 5.56 Å². The van der Waals surface area contributed by atoms with E-state index >= 15 is 0 Å². The van der Waals surface area contributed by atoms with Crippen molar-refractivity contribution < 1.29 is 9.90 Å². The fourth-order valence-electron chi connectivity index (χ4n) is 1.65. The number of carbonyl (C=O) groups excluding carboxylic acids is 1. The molecule has 2 aromatic carbocycles. The van der Waals surface area contributed by atoms with Crippen molar-refractivity contribution >= 4 is 50.1 Å². The molecule has 0 spiro atoms. The number of benzene rings is 2. The molecule has 0 fully saturated rings.